The van der Waals surface area contributed by atoms with E-state index in [1.54, 1.807) is 0 Å². The summed E-state index contributed by atoms with van der Waals surface area (Å²) in [6.07, 6.45) is 11.6. The minimum absolute atomic E-state index is 0.783. The Kier molecular flexibility index (Phi) is 4.95. The lowest BCUT2D eigenvalue weighted by Crippen LogP contribution is -2.12. The maximum atomic E-state index is 4.71. The van der Waals surface area contributed by atoms with Crippen LogP contribution >= 0.6 is 0 Å². The largest absolute Gasteiger partial charge is 0.344 e. The Morgan fingerprint density at radius 1 is 1.10 bits per heavy atom. The van der Waals surface area contributed by atoms with Crippen LogP contribution in [0.3, 0.4) is 0 Å². The molecule has 2 nitrogen and oxygen atoms in total. The molecule has 2 heteroatoms. The van der Waals surface area contributed by atoms with Crippen LogP contribution in [-0.4, -0.2) is 12.4 Å². The van der Waals surface area contributed by atoms with Crippen molar-refractivity contribution in [1.29, 1.82) is 0 Å². The number of hydrogen-bond donors (Lipinski definition) is 1. The lowest BCUT2D eigenvalue weighted by Gasteiger charge is -2.23. The first-order chi connectivity index (χ1) is 10.4. The number of nitrogens with one attached hydrogen (secondary N) is 1. The molecule has 0 aromatic heterocycles. The van der Waals surface area contributed by atoms with E-state index in [2.05, 4.69) is 30.4 Å². The molecular formula is C19H28N2. The van der Waals surface area contributed by atoms with Crippen molar-refractivity contribution in [3.05, 3.63) is 29.3 Å². The summed E-state index contributed by atoms with van der Waals surface area (Å²) in [4.78, 5) is 4.71. The van der Waals surface area contributed by atoms with E-state index in [4.69, 9.17) is 4.99 Å². The minimum atomic E-state index is 0.783. The molecule has 0 atom stereocenters. The van der Waals surface area contributed by atoms with Gasteiger partial charge in [-0.2, -0.15) is 0 Å². The van der Waals surface area contributed by atoms with E-state index in [0.717, 1.165) is 25.3 Å². The van der Waals surface area contributed by atoms with Gasteiger partial charge < -0.3 is 5.32 Å². The van der Waals surface area contributed by atoms with Crippen LogP contribution in [0.5, 0.6) is 0 Å². The average molecular weight is 284 g/mol. The Hall–Kier alpha value is -1.31. The molecule has 3 rings (SSSR count). The number of aliphatic imine (C=N–C) groups is 1. The summed E-state index contributed by atoms with van der Waals surface area (Å²) in [5.74, 6) is 1.97. The molecule has 1 aromatic carbocycles. The summed E-state index contributed by atoms with van der Waals surface area (Å²) in [5.41, 5.74) is 4.33. The molecular weight excluding hydrogens is 256 g/mol. The number of nitrogens with zero attached hydrogens (tertiary/aromatic N) is 1. The number of benzene rings is 1. The Bertz CT molecular complexity index is 498. The van der Waals surface area contributed by atoms with Gasteiger partial charge in [0.2, 0.25) is 0 Å². The summed E-state index contributed by atoms with van der Waals surface area (Å²) in [6.45, 7) is 3.13. The average Bonchev–Trinajstić information content (AvgIpc) is 2.74. The van der Waals surface area contributed by atoms with Gasteiger partial charge in [-0.25, -0.2) is 0 Å². The van der Waals surface area contributed by atoms with Crippen molar-refractivity contribution in [1.82, 2.24) is 0 Å². The molecule has 0 bridgehead atoms. The van der Waals surface area contributed by atoms with Gasteiger partial charge in [0.05, 0.1) is 0 Å². The van der Waals surface area contributed by atoms with Crippen LogP contribution < -0.4 is 5.32 Å². The third kappa shape index (κ3) is 3.66. The number of aryl methyl sites for hydroxylation is 1. The smallest absolute Gasteiger partial charge is 0.101 e. The molecule has 0 spiro atoms. The van der Waals surface area contributed by atoms with E-state index in [0.29, 0.717) is 0 Å². The number of rotatable bonds is 3. The topological polar surface area (TPSA) is 24.4 Å². The van der Waals surface area contributed by atoms with Crippen molar-refractivity contribution < 1.29 is 0 Å². The molecule has 1 heterocycles. The fourth-order valence-electron chi connectivity index (χ4n) is 3.65. The van der Waals surface area contributed by atoms with Crippen molar-refractivity contribution in [2.75, 3.05) is 11.9 Å². The van der Waals surface area contributed by atoms with Gasteiger partial charge in [-0.3, -0.25) is 4.99 Å². The molecule has 1 aliphatic heterocycles. The zero-order chi connectivity index (χ0) is 14.5. The number of fused-ring (bicyclic) bond motifs is 1. The molecule has 0 amide bonds. The van der Waals surface area contributed by atoms with Crippen molar-refractivity contribution in [2.45, 2.75) is 70.6 Å². The number of anilines is 1. The van der Waals surface area contributed by atoms with E-state index in [9.17, 15) is 0 Å². The second kappa shape index (κ2) is 7.11. The Labute approximate surface area is 129 Å². The van der Waals surface area contributed by atoms with Crippen molar-refractivity contribution >= 4 is 11.5 Å². The van der Waals surface area contributed by atoms with Gasteiger partial charge in [-0.15, -0.1) is 0 Å². The van der Waals surface area contributed by atoms with Crippen molar-refractivity contribution in [3.63, 3.8) is 0 Å². The number of hydrogen-bond acceptors (Lipinski definition) is 1. The van der Waals surface area contributed by atoms with Crippen LogP contribution in [-0.2, 0) is 6.42 Å². The van der Waals surface area contributed by atoms with Crippen LogP contribution in [0.1, 0.15) is 75.3 Å². The Morgan fingerprint density at radius 2 is 1.95 bits per heavy atom. The Balaban J connectivity index is 1.81. The summed E-state index contributed by atoms with van der Waals surface area (Å²) in [6, 6.07) is 7.15. The predicted molar refractivity (Wildman–Crippen MR) is 91.4 cm³/mol. The minimum Gasteiger partial charge on any atom is -0.344 e. The highest BCUT2D eigenvalue weighted by Crippen LogP contribution is 2.35. The molecule has 0 saturated heterocycles. The quantitative estimate of drug-likeness (QED) is 0.801. The van der Waals surface area contributed by atoms with E-state index >= 15 is 0 Å². The third-order valence-electron chi connectivity index (χ3n) is 4.88. The summed E-state index contributed by atoms with van der Waals surface area (Å²) in [5, 5.41) is 3.62. The van der Waals surface area contributed by atoms with E-state index in [1.807, 2.05) is 0 Å². The molecule has 114 valence electrons. The van der Waals surface area contributed by atoms with Crippen molar-refractivity contribution in [2.24, 2.45) is 4.99 Å². The Morgan fingerprint density at radius 3 is 2.76 bits per heavy atom. The number of amidine groups is 1. The third-order valence-corrected chi connectivity index (χ3v) is 4.88. The molecule has 1 fully saturated rings. The first-order valence-corrected chi connectivity index (χ1v) is 8.80. The van der Waals surface area contributed by atoms with Gasteiger partial charge in [-0.1, -0.05) is 38.3 Å². The molecule has 1 aromatic rings. The highest BCUT2D eigenvalue weighted by Gasteiger charge is 2.18. The SMILES string of the molecule is CCCN=C1CCCc2ccc(C3CCCCC3)cc2N1. The van der Waals surface area contributed by atoms with E-state index in [1.165, 1.54) is 67.6 Å². The molecule has 2 aliphatic rings. The van der Waals surface area contributed by atoms with Gasteiger partial charge in [0.1, 0.15) is 5.84 Å². The normalized spacial score (nSPS) is 21.7. The molecule has 1 aliphatic carbocycles. The fourth-order valence-corrected chi connectivity index (χ4v) is 3.65. The summed E-state index contributed by atoms with van der Waals surface area (Å²) in [7, 11) is 0. The van der Waals surface area contributed by atoms with Crippen molar-refractivity contribution in [3.8, 4) is 0 Å². The van der Waals surface area contributed by atoms with Crippen LogP contribution in [0.15, 0.2) is 23.2 Å². The second-order valence-corrected chi connectivity index (χ2v) is 6.56. The molecule has 0 unspecified atom stereocenters. The van der Waals surface area contributed by atoms with Crippen LogP contribution in [0.4, 0.5) is 5.69 Å². The molecule has 1 saturated carbocycles. The first-order valence-electron chi connectivity index (χ1n) is 8.80. The van der Waals surface area contributed by atoms with Crippen LogP contribution in [0, 0.1) is 0 Å². The molecule has 21 heavy (non-hydrogen) atoms. The van der Waals surface area contributed by atoms with Gasteiger partial charge in [0, 0.05) is 18.7 Å². The highest BCUT2D eigenvalue weighted by atomic mass is 15.0. The monoisotopic (exact) mass is 284 g/mol. The van der Waals surface area contributed by atoms with Crippen LogP contribution in [0.2, 0.25) is 0 Å². The van der Waals surface area contributed by atoms with Gasteiger partial charge in [0.25, 0.3) is 0 Å². The first kappa shape index (κ1) is 14.6. The molecule has 1 N–H and O–H groups in total. The maximum Gasteiger partial charge on any atom is 0.101 e. The van der Waals surface area contributed by atoms with E-state index in [-0.39, 0.29) is 0 Å². The van der Waals surface area contributed by atoms with E-state index < -0.39 is 0 Å². The zero-order valence-corrected chi connectivity index (χ0v) is 13.3. The zero-order valence-electron chi connectivity index (χ0n) is 13.3. The molecule has 0 radical (unpaired) electrons. The highest BCUT2D eigenvalue weighted by molar-refractivity contribution is 5.96. The van der Waals surface area contributed by atoms with Gasteiger partial charge >= 0.3 is 0 Å². The second-order valence-electron chi connectivity index (χ2n) is 6.56. The lowest BCUT2D eigenvalue weighted by molar-refractivity contribution is 0.443. The standard InChI is InChI=1S/C19H28N2/c1-2-13-20-19-10-6-9-16-11-12-17(14-18(16)21-19)15-7-4-3-5-8-15/h11-12,14-15H,2-10,13H2,1H3,(H,20,21). The fraction of sp³-hybridized carbons (Fsp3) is 0.632. The summed E-state index contributed by atoms with van der Waals surface area (Å²) < 4.78 is 0. The van der Waals surface area contributed by atoms with Gasteiger partial charge in [0.15, 0.2) is 0 Å². The lowest BCUT2D eigenvalue weighted by atomic mass is 9.83. The maximum absolute atomic E-state index is 4.71. The summed E-state index contributed by atoms with van der Waals surface area (Å²) >= 11 is 0. The predicted octanol–water partition coefficient (Wildman–Crippen LogP) is 5.29. The van der Waals surface area contributed by atoms with Crippen LogP contribution in [0.25, 0.3) is 0 Å². The van der Waals surface area contributed by atoms with Gasteiger partial charge in [-0.05, 0) is 55.2 Å².